The lowest BCUT2D eigenvalue weighted by atomic mass is 10.1. The zero-order valence-electron chi connectivity index (χ0n) is 20.1. The molecule has 0 radical (unpaired) electrons. The molecule has 0 saturated carbocycles. The molecule has 3 atom stereocenters. The van der Waals surface area contributed by atoms with Gasteiger partial charge in [-0.1, -0.05) is 99.3 Å². The SMILES string of the molecule is CCCCCC(CC)[O][Al]([O]C(CC)CCCCC)[O]C(CC)CCCCC. The van der Waals surface area contributed by atoms with Crippen LogP contribution < -0.4 is 0 Å². The third-order valence-corrected chi connectivity index (χ3v) is 7.49. The highest BCUT2D eigenvalue weighted by Crippen LogP contribution is 2.19. The summed E-state index contributed by atoms with van der Waals surface area (Å²) in [5.74, 6) is 0. The van der Waals surface area contributed by atoms with Gasteiger partial charge in [-0.05, 0) is 38.5 Å². The third kappa shape index (κ3) is 15.3. The van der Waals surface area contributed by atoms with Crippen LogP contribution in [0.25, 0.3) is 0 Å². The molecule has 0 spiro atoms. The average Bonchev–Trinajstić information content (AvgIpc) is 2.71. The van der Waals surface area contributed by atoms with Crippen LogP contribution in [-0.2, 0) is 11.4 Å². The predicted molar refractivity (Wildman–Crippen MR) is 124 cm³/mol. The van der Waals surface area contributed by atoms with Crippen LogP contribution in [0.5, 0.6) is 0 Å². The first-order valence-electron chi connectivity index (χ1n) is 12.6. The molecule has 0 heterocycles. The normalized spacial score (nSPS) is 14.8. The van der Waals surface area contributed by atoms with E-state index in [4.69, 9.17) is 11.4 Å². The summed E-state index contributed by atoms with van der Waals surface area (Å²) in [6.45, 7) is 13.5. The quantitative estimate of drug-likeness (QED) is 0.140. The van der Waals surface area contributed by atoms with Crippen molar-refractivity contribution in [3.63, 3.8) is 0 Å². The van der Waals surface area contributed by atoms with Gasteiger partial charge in [0, 0.05) is 18.3 Å². The summed E-state index contributed by atoms with van der Waals surface area (Å²) in [6.07, 6.45) is 18.9. The molecule has 0 amide bonds. The first kappa shape index (κ1) is 28.4. The molecule has 0 saturated heterocycles. The van der Waals surface area contributed by atoms with Crippen molar-refractivity contribution >= 4 is 15.1 Å². The molecule has 0 rings (SSSR count). The van der Waals surface area contributed by atoms with Gasteiger partial charge in [-0.15, -0.1) is 0 Å². The lowest BCUT2D eigenvalue weighted by Gasteiger charge is -2.27. The highest BCUT2D eigenvalue weighted by Gasteiger charge is 2.38. The fraction of sp³-hybridized carbons (Fsp3) is 1.00. The third-order valence-electron chi connectivity index (χ3n) is 5.67. The van der Waals surface area contributed by atoms with E-state index in [-0.39, 0.29) is 0 Å². The van der Waals surface area contributed by atoms with E-state index in [1.54, 1.807) is 0 Å². The van der Waals surface area contributed by atoms with Gasteiger partial charge in [-0.3, -0.25) is 0 Å². The molecular formula is C24H51AlO3. The Kier molecular flexibility index (Phi) is 21.0. The standard InChI is InChI=1S/3C8H17O.Al/c3*1-3-5-6-7-8(9)4-2;/h3*8H,3-7H2,1-2H3;/q3*-1;+3. The van der Waals surface area contributed by atoms with Crippen molar-refractivity contribution in [3.8, 4) is 0 Å². The molecule has 0 aromatic rings. The zero-order valence-corrected chi connectivity index (χ0v) is 21.3. The first-order valence-corrected chi connectivity index (χ1v) is 14.0. The predicted octanol–water partition coefficient (Wildman–Crippen LogP) is 8.10. The van der Waals surface area contributed by atoms with Crippen LogP contribution in [-0.4, -0.2) is 33.5 Å². The lowest BCUT2D eigenvalue weighted by Crippen LogP contribution is -2.38. The summed E-state index contributed by atoms with van der Waals surface area (Å²) >= 11 is -2.11. The maximum atomic E-state index is 6.52. The van der Waals surface area contributed by atoms with Crippen LogP contribution in [0, 0.1) is 0 Å². The molecule has 0 fully saturated rings. The number of hydrogen-bond donors (Lipinski definition) is 0. The van der Waals surface area contributed by atoms with E-state index in [1.165, 1.54) is 57.8 Å². The minimum atomic E-state index is -2.11. The lowest BCUT2D eigenvalue weighted by molar-refractivity contribution is -0.00191. The van der Waals surface area contributed by atoms with Gasteiger partial charge >= 0.3 is 15.1 Å². The summed E-state index contributed by atoms with van der Waals surface area (Å²) < 4.78 is 19.6. The fourth-order valence-electron chi connectivity index (χ4n) is 3.54. The van der Waals surface area contributed by atoms with Crippen molar-refractivity contribution in [2.24, 2.45) is 0 Å². The van der Waals surface area contributed by atoms with Gasteiger partial charge in [0.25, 0.3) is 0 Å². The van der Waals surface area contributed by atoms with Gasteiger partial charge in [-0.2, -0.15) is 0 Å². The number of unbranched alkanes of at least 4 members (excludes halogenated alkanes) is 6. The molecule has 28 heavy (non-hydrogen) atoms. The van der Waals surface area contributed by atoms with Gasteiger partial charge in [0.2, 0.25) is 0 Å². The molecule has 0 aliphatic rings. The first-order chi connectivity index (χ1) is 13.6. The molecule has 4 heteroatoms. The summed E-state index contributed by atoms with van der Waals surface area (Å²) in [5.41, 5.74) is 0. The molecular weight excluding hydrogens is 363 g/mol. The fourth-order valence-corrected chi connectivity index (χ4v) is 5.66. The monoisotopic (exact) mass is 414 g/mol. The Labute approximate surface area is 182 Å². The van der Waals surface area contributed by atoms with E-state index >= 15 is 0 Å². The van der Waals surface area contributed by atoms with Gasteiger partial charge in [0.05, 0.1) is 0 Å². The maximum Gasteiger partial charge on any atom is 0.906 e. The summed E-state index contributed by atoms with van der Waals surface area (Å²) in [7, 11) is 0. The van der Waals surface area contributed by atoms with Crippen LogP contribution in [0.1, 0.15) is 138 Å². The van der Waals surface area contributed by atoms with Gasteiger partial charge < -0.3 is 11.4 Å². The van der Waals surface area contributed by atoms with Gasteiger partial charge in [0.15, 0.2) is 0 Å². The van der Waals surface area contributed by atoms with E-state index < -0.39 is 15.1 Å². The molecule has 0 aromatic heterocycles. The largest absolute Gasteiger partial charge is 0.906 e. The maximum absolute atomic E-state index is 6.52. The molecule has 0 aromatic carbocycles. The average molecular weight is 415 g/mol. The Morgan fingerprint density at radius 1 is 0.464 bits per heavy atom. The Hall–Kier alpha value is 0.412. The van der Waals surface area contributed by atoms with Crippen LogP contribution >= 0.6 is 0 Å². The highest BCUT2D eigenvalue weighted by molar-refractivity contribution is 6.36. The van der Waals surface area contributed by atoms with Crippen molar-refractivity contribution in [2.75, 3.05) is 0 Å². The van der Waals surface area contributed by atoms with E-state index in [9.17, 15) is 0 Å². The molecule has 0 bridgehead atoms. The summed E-state index contributed by atoms with van der Waals surface area (Å²) in [5, 5.41) is 0. The van der Waals surface area contributed by atoms with Crippen LogP contribution in [0.2, 0.25) is 0 Å². The van der Waals surface area contributed by atoms with Crippen molar-refractivity contribution in [3.05, 3.63) is 0 Å². The minimum Gasteiger partial charge on any atom is -0.452 e. The van der Waals surface area contributed by atoms with E-state index in [2.05, 4.69) is 41.5 Å². The van der Waals surface area contributed by atoms with Crippen LogP contribution in [0.4, 0.5) is 0 Å². The van der Waals surface area contributed by atoms with Crippen molar-refractivity contribution in [1.29, 1.82) is 0 Å². The molecule has 168 valence electrons. The molecule has 0 N–H and O–H groups in total. The number of rotatable bonds is 21. The summed E-state index contributed by atoms with van der Waals surface area (Å²) in [6, 6.07) is 0. The van der Waals surface area contributed by atoms with Crippen LogP contribution in [0.3, 0.4) is 0 Å². The van der Waals surface area contributed by atoms with Gasteiger partial charge in [0.1, 0.15) is 0 Å². The summed E-state index contributed by atoms with van der Waals surface area (Å²) in [4.78, 5) is 0. The Morgan fingerprint density at radius 3 is 0.964 bits per heavy atom. The topological polar surface area (TPSA) is 27.7 Å². The molecule has 0 aliphatic carbocycles. The Bertz CT molecular complexity index is 267. The van der Waals surface area contributed by atoms with Crippen LogP contribution in [0.15, 0.2) is 0 Å². The van der Waals surface area contributed by atoms with Crippen molar-refractivity contribution in [2.45, 2.75) is 156 Å². The van der Waals surface area contributed by atoms with E-state index in [1.807, 2.05) is 0 Å². The Balaban J connectivity index is 4.84. The van der Waals surface area contributed by atoms with E-state index in [0.717, 1.165) is 38.5 Å². The second-order valence-corrected chi connectivity index (χ2v) is 9.67. The second-order valence-electron chi connectivity index (χ2n) is 8.28. The zero-order chi connectivity index (χ0) is 21.0. The molecule has 3 nitrogen and oxygen atoms in total. The molecule has 3 unspecified atom stereocenters. The highest BCUT2D eigenvalue weighted by atomic mass is 27.3. The number of hydrogen-bond acceptors (Lipinski definition) is 3. The molecule has 0 aliphatic heterocycles. The van der Waals surface area contributed by atoms with Crippen molar-refractivity contribution < 1.29 is 11.4 Å². The smallest absolute Gasteiger partial charge is 0.452 e. The van der Waals surface area contributed by atoms with Crippen molar-refractivity contribution in [1.82, 2.24) is 0 Å². The van der Waals surface area contributed by atoms with Gasteiger partial charge in [-0.25, -0.2) is 0 Å². The second kappa shape index (κ2) is 20.7. The minimum absolute atomic E-state index is 0.296. The van der Waals surface area contributed by atoms with E-state index in [0.29, 0.717) is 18.3 Å². The Morgan fingerprint density at radius 2 is 0.750 bits per heavy atom.